The summed E-state index contributed by atoms with van der Waals surface area (Å²) in [6.45, 7) is 0.174. The summed E-state index contributed by atoms with van der Waals surface area (Å²) in [6, 6.07) is 9.41. The zero-order valence-corrected chi connectivity index (χ0v) is 13.6. The summed E-state index contributed by atoms with van der Waals surface area (Å²) in [5.41, 5.74) is 1.69. The smallest absolute Gasteiger partial charge is 0.238 e. The van der Waals surface area contributed by atoms with E-state index in [0.717, 1.165) is 12.1 Å². The van der Waals surface area contributed by atoms with Crippen molar-refractivity contribution in [3.63, 3.8) is 0 Å². The third kappa shape index (κ3) is 3.83. The monoisotopic (exact) mass is 364 g/mol. The van der Waals surface area contributed by atoms with Gasteiger partial charge in [0, 0.05) is 23.4 Å². The molecule has 1 aromatic heterocycles. The molecule has 1 heterocycles. The van der Waals surface area contributed by atoms with Crippen molar-refractivity contribution in [2.75, 3.05) is 5.32 Å². The lowest BCUT2D eigenvalue weighted by atomic mass is 10.1. The number of rotatable bonds is 5. The molecule has 9 heteroatoms. The number of aromatic amines is 1. The molecule has 130 valence electrons. The van der Waals surface area contributed by atoms with Crippen LogP contribution in [0.1, 0.15) is 5.56 Å². The van der Waals surface area contributed by atoms with Crippen LogP contribution in [0.15, 0.2) is 53.6 Å². The molecule has 0 unspecified atom stereocenters. The fourth-order valence-electron chi connectivity index (χ4n) is 2.37. The van der Waals surface area contributed by atoms with Crippen molar-refractivity contribution in [3.05, 3.63) is 65.9 Å². The molecule has 0 aliphatic rings. The molecule has 0 saturated carbocycles. The van der Waals surface area contributed by atoms with Gasteiger partial charge in [-0.05, 0) is 30.3 Å². The van der Waals surface area contributed by atoms with Gasteiger partial charge in [-0.3, -0.25) is 5.10 Å². The summed E-state index contributed by atoms with van der Waals surface area (Å²) >= 11 is 0. The van der Waals surface area contributed by atoms with Gasteiger partial charge in [-0.25, -0.2) is 22.3 Å². The van der Waals surface area contributed by atoms with Crippen LogP contribution in [0.25, 0.3) is 11.3 Å². The highest BCUT2D eigenvalue weighted by molar-refractivity contribution is 7.89. The molecule has 0 spiro atoms. The molecule has 0 saturated heterocycles. The van der Waals surface area contributed by atoms with Gasteiger partial charge in [-0.1, -0.05) is 12.1 Å². The molecule has 3 aromatic rings. The van der Waals surface area contributed by atoms with Crippen molar-refractivity contribution in [1.82, 2.24) is 10.2 Å². The predicted molar refractivity (Wildman–Crippen MR) is 89.1 cm³/mol. The molecule has 0 aliphatic heterocycles. The minimum atomic E-state index is -4.02. The molecule has 6 nitrogen and oxygen atoms in total. The fourth-order valence-corrected chi connectivity index (χ4v) is 2.94. The van der Waals surface area contributed by atoms with E-state index in [-0.39, 0.29) is 17.1 Å². The Labute approximate surface area is 142 Å². The van der Waals surface area contributed by atoms with Gasteiger partial charge in [0.05, 0.1) is 16.8 Å². The molecular formula is C16H14F2N4O2S. The van der Waals surface area contributed by atoms with Crippen LogP contribution in [0.3, 0.4) is 0 Å². The number of anilines is 1. The lowest BCUT2D eigenvalue weighted by Crippen LogP contribution is -2.13. The molecule has 0 bridgehead atoms. The van der Waals surface area contributed by atoms with Gasteiger partial charge in [0.15, 0.2) is 0 Å². The van der Waals surface area contributed by atoms with E-state index in [1.165, 1.54) is 18.3 Å². The lowest BCUT2D eigenvalue weighted by molar-refractivity contribution is 0.592. The number of hydrogen-bond donors (Lipinski definition) is 3. The van der Waals surface area contributed by atoms with E-state index >= 15 is 0 Å². The highest BCUT2D eigenvalue weighted by atomic mass is 32.2. The van der Waals surface area contributed by atoms with Crippen LogP contribution >= 0.6 is 0 Å². The van der Waals surface area contributed by atoms with Crippen LogP contribution in [0.4, 0.5) is 14.5 Å². The Balaban J connectivity index is 1.86. The first kappa shape index (κ1) is 17.1. The van der Waals surface area contributed by atoms with Crippen LogP contribution in [0, 0.1) is 11.6 Å². The van der Waals surface area contributed by atoms with Gasteiger partial charge in [0.2, 0.25) is 10.0 Å². The number of sulfonamides is 1. The number of nitrogens with two attached hydrogens (primary N) is 1. The summed E-state index contributed by atoms with van der Waals surface area (Å²) in [7, 11) is -4.02. The average molecular weight is 364 g/mol. The second-order valence-electron chi connectivity index (χ2n) is 5.32. The van der Waals surface area contributed by atoms with Gasteiger partial charge in [0.1, 0.15) is 11.6 Å². The number of halogens is 2. The van der Waals surface area contributed by atoms with Crippen molar-refractivity contribution < 1.29 is 17.2 Å². The summed E-state index contributed by atoms with van der Waals surface area (Å²) in [5, 5.41) is 14.5. The van der Waals surface area contributed by atoms with Crippen molar-refractivity contribution in [2.24, 2.45) is 5.14 Å². The number of hydrogen-bond acceptors (Lipinski definition) is 4. The summed E-state index contributed by atoms with van der Waals surface area (Å²) in [6.07, 6.45) is 1.51. The standard InChI is InChI=1S/C16H14F2N4O2S/c17-11-5-12(7-13(6-11)25(19,23)24)20-8-10-9-21-22-16(10)14-3-1-2-4-15(14)18/h1-7,9,20H,8H2,(H,21,22)(H2,19,23,24). The van der Waals surface area contributed by atoms with E-state index in [9.17, 15) is 17.2 Å². The lowest BCUT2D eigenvalue weighted by Gasteiger charge is -2.09. The number of H-pyrrole nitrogens is 1. The number of benzene rings is 2. The maximum absolute atomic E-state index is 13.9. The van der Waals surface area contributed by atoms with Crippen molar-refractivity contribution >= 4 is 15.7 Å². The predicted octanol–water partition coefficient (Wildman–Crippen LogP) is 2.61. The Hall–Kier alpha value is -2.78. The highest BCUT2D eigenvalue weighted by Crippen LogP contribution is 2.25. The molecule has 2 aromatic carbocycles. The molecule has 0 radical (unpaired) electrons. The van der Waals surface area contributed by atoms with E-state index in [0.29, 0.717) is 16.8 Å². The van der Waals surface area contributed by atoms with Crippen LogP contribution in [0.2, 0.25) is 0 Å². The fraction of sp³-hybridized carbons (Fsp3) is 0.0625. The minimum Gasteiger partial charge on any atom is -0.381 e. The first-order valence-electron chi connectivity index (χ1n) is 7.19. The Morgan fingerprint density at radius 3 is 2.64 bits per heavy atom. The second-order valence-corrected chi connectivity index (χ2v) is 6.89. The molecular weight excluding hydrogens is 350 g/mol. The number of primary sulfonamides is 1. The van der Waals surface area contributed by atoms with Gasteiger partial charge in [-0.15, -0.1) is 0 Å². The highest BCUT2D eigenvalue weighted by Gasteiger charge is 2.13. The van der Waals surface area contributed by atoms with E-state index in [4.69, 9.17) is 5.14 Å². The maximum Gasteiger partial charge on any atom is 0.238 e. The van der Waals surface area contributed by atoms with Crippen LogP contribution < -0.4 is 10.5 Å². The Kier molecular flexibility index (Phi) is 4.51. The van der Waals surface area contributed by atoms with Gasteiger partial charge in [-0.2, -0.15) is 5.10 Å². The first-order chi connectivity index (χ1) is 11.8. The molecule has 0 amide bonds. The molecule has 0 atom stereocenters. The molecule has 0 aliphatic carbocycles. The summed E-state index contributed by atoms with van der Waals surface area (Å²) < 4.78 is 50.3. The SMILES string of the molecule is NS(=O)(=O)c1cc(F)cc(NCc2cn[nH]c2-c2ccccc2F)c1. The zero-order valence-electron chi connectivity index (χ0n) is 12.8. The van der Waals surface area contributed by atoms with Gasteiger partial charge < -0.3 is 5.32 Å². The van der Waals surface area contributed by atoms with Crippen LogP contribution in [-0.4, -0.2) is 18.6 Å². The number of nitrogens with one attached hydrogen (secondary N) is 2. The van der Waals surface area contributed by atoms with E-state index < -0.39 is 21.7 Å². The number of aromatic nitrogens is 2. The van der Waals surface area contributed by atoms with Crippen molar-refractivity contribution in [2.45, 2.75) is 11.4 Å². The number of nitrogens with zero attached hydrogens (tertiary/aromatic N) is 1. The van der Waals surface area contributed by atoms with Gasteiger partial charge >= 0.3 is 0 Å². The molecule has 25 heavy (non-hydrogen) atoms. The normalized spacial score (nSPS) is 11.5. The van der Waals surface area contributed by atoms with E-state index in [2.05, 4.69) is 15.5 Å². The second kappa shape index (κ2) is 6.61. The van der Waals surface area contributed by atoms with Gasteiger partial charge in [0.25, 0.3) is 0 Å². The Morgan fingerprint density at radius 1 is 1.16 bits per heavy atom. The largest absolute Gasteiger partial charge is 0.381 e. The third-order valence-corrected chi connectivity index (χ3v) is 4.44. The minimum absolute atomic E-state index is 0.174. The Morgan fingerprint density at radius 2 is 1.92 bits per heavy atom. The van der Waals surface area contributed by atoms with Crippen LogP contribution in [-0.2, 0) is 16.6 Å². The topological polar surface area (TPSA) is 101 Å². The van der Waals surface area contributed by atoms with Crippen molar-refractivity contribution in [3.8, 4) is 11.3 Å². The third-order valence-electron chi connectivity index (χ3n) is 3.54. The van der Waals surface area contributed by atoms with Crippen LogP contribution in [0.5, 0.6) is 0 Å². The summed E-state index contributed by atoms with van der Waals surface area (Å²) in [4.78, 5) is -0.337. The average Bonchev–Trinajstić information content (AvgIpc) is 3.00. The summed E-state index contributed by atoms with van der Waals surface area (Å²) in [5.74, 6) is -1.15. The molecule has 0 fully saturated rings. The van der Waals surface area contributed by atoms with Crippen molar-refractivity contribution in [1.29, 1.82) is 0 Å². The van der Waals surface area contributed by atoms with E-state index in [1.807, 2.05) is 0 Å². The maximum atomic E-state index is 13.9. The zero-order chi connectivity index (χ0) is 18.0. The quantitative estimate of drug-likeness (QED) is 0.648. The Bertz CT molecular complexity index is 1020. The molecule has 3 rings (SSSR count). The van der Waals surface area contributed by atoms with E-state index in [1.54, 1.807) is 18.2 Å². The first-order valence-corrected chi connectivity index (χ1v) is 8.73. The molecule has 4 N–H and O–H groups in total.